The predicted molar refractivity (Wildman–Crippen MR) is 132 cm³/mol. The van der Waals surface area contributed by atoms with Crippen molar-refractivity contribution < 1.29 is 28.4 Å². The van der Waals surface area contributed by atoms with Crippen LogP contribution in [0.2, 0.25) is 0 Å². The fraction of sp³-hybridized carbons (Fsp3) is 0.500. The van der Waals surface area contributed by atoms with Gasteiger partial charge in [-0.1, -0.05) is 6.07 Å². The standard InChI is InChI=1S/C28H34FNO5/c1-32-28(33-2)19-7-11-30(12-8-19)25-6-3-20(15-24(25)29)27-22-5-4-21(31)16-26(22)35-17-23(27)18-9-13-34-14-10-18/h3-6,15-16,18-19,28,31H,7-14,17H2,1-2H3. The maximum absolute atomic E-state index is 15.6. The third-order valence-corrected chi connectivity index (χ3v) is 7.62. The molecule has 1 N–H and O–H groups in total. The van der Waals surface area contributed by atoms with Crippen LogP contribution >= 0.6 is 0 Å². The second-order valence-electron chi connectivity index (χ2n) is 9.59. The molecular weight excluding hydrogens is 449 g/mol. The molecule has 0 atom stereocenters. The molecule has 2 aromatic carbocycles. The number of aromatic hydroxyl groups is 1. The summed E-state index contributed by atoms with van der Waals surface area (Å²) in [6, 6.07) is 10.8. The van der Waals surface area contributed by atoms with Gasteiger partial charge in [-0.05, 0) is 72.6 Å². The molecule has 0 radical (unpaired) electrons. The number of phenolic OH excluding ortho intramolecular Hbond substituents is 1. The van der Waals surface area contributed by atoms with Crippen molar-refractivity contribution in [2.24, 2.45) is 11.8 Å². The van der Waals surface area contributed by atoms with Crippen LogP contribution in [0.25, 0.3) is 5.57 Å². The number of hydrogen-bond acceptors (Lipinski definition) is 6. The van der Waals surface area contributed by atoms with Crippen molar-refractivity contribution in [3.63, 3.8) is 0 Å². The second-order valence-corrected chi connectivity index (χ2v) is 9.59. The number of phenols is 1. The van der Waals surface area contributed by atoms with Crippen LogP contribution in [0.4, 0.5) is 10.1 Å². The first kappa shape index (κ1) is 24.1. The lowest BCUT2D eigenvalue weighted by Crippen LogP contribution is -2.39. The maximum Gasteiger partial charge on any atom is 0.159 e. The van der Waals surface area contributed by atoms with E-state index in [2.05, 4.69) is 4.90 Å². The quantitative estimate of drug-likeness (QED) is 0.585. The van der Waals surface area contributed by atoms with Crippen molar-refractivity contribution in [3.05, 3.63) is 58.9 Å². The van der Waals surface area contributed by atoms with Crippen LogP contribution in [0.5, 0.6) is 11.5 Å². The minimum atomic E-state index is -0.221. The lowest BCUT2D eigenvalue weighted by Gasteiger charge is -2.36. The first-order chi connectivity index (χ1) is 17.1. The number of halogens is 1. The summed E-state index contributed by atoms with van der Waals surface area (Å²) in [5.74, 6) is 1.21. The Morgan fingerprint density at radius 3 is 2.43 bits per heavy atom. The minimum absolute atomic E-state index is 0.159. The Kier molecular flexibility index (Phi) is 7.27. The Morgan fingerprint density at radius 1 is 1.00 bits per heavy atom. The molecule has 35 heavy (non-hydrogen) atoms. The van der Waals surface area contributed by atoms with Crippen LogP contribution in [-0.4, -0.2) is 58.5 Å². The maximum atomic E-state index is 15.6. The third-order valence-electron chi connectivity index (χ3n) is 7.62. The van der Waals surface area contributed by atoms with Crippen molar-refractivity contribution in [2.45, 2.75) is 32.0 Å². The van der Waals surface area contributed by atoms with Crippen LogP contribution in [-0.2, 0) is 14.2 Å². The first-order valence-electron chi connectivity index (χ1n) is 12.5. The summed E-state index contributed by atoms with van der Waals surface area (Å²) in [6.07, 6.45) is 3.42. The first-order valence-corrected chi connectivity index (χ1v) is 12.5. The SMILES string of the molecule is COC(OC)C1CCN(c2ccc(C3=C(C4CCOCC4)COc4cc(O)ccc43)cc2F)CC1. The summed E-state index contributed by atoms with van der Waals surface area (Å²) in [4.78, 5) is 2.11. The smallest absolute Gasteiger partial charge is 0.159 e. The summed E-state index contributed by atoms with van der Waals surface area (Å²) >= 11 is 0. The highest BCUT2D eigenvalue weighted by Crippen LogP contribution is 2.43. The zero-order valence-corrected chi connectivity index (χ0v) is 20.5. The number of piperidine rings is 1. The zero-order valence-electron chi connectivity index (χ0n) is 20.5. The summed E-state index contributed by atoms with van der Waals surface area (Å²) in [5.41, 5.74) is 4.57. The van der Waals surface area contributed by atoms with Crippen LogP contribution in [0.3, 0.4) is 0 Å². The van der Waals surface area contributed by atoms with E-state index in [-0.39, 0.29) is 17.9 Å². The van der Waals surface area contributed by atoms with Crippen LogP contribution in [0.15, 0.2) is 42.0 Å². The monoisotopic (exact) mass is 483 g/mol. The van der Waals surface area contributed by atoms with E-state index in [1.54, 1.807) is 32.4 Å². The van der Waals surface area contributed by atoms with Gasteiger partial charge in [0.05, 0.1) is 5.69 Å². The van der Waals surface area contributed by atoms with Crippen molar-refractivity contribution in [1.29, 1.82) is 0 Å². The van der Waals surface area contributed by atoms with Gasteiger partial charge in [0.25, 0.3) is 0 Å². The third kappa shape index (κ3) is 4.90. The van der Waals surface area contributed by atoms with Gasteiger partial charge in [0, 0.05) is 58.1 Å². The number of methoxy groups -OCH3 is 2. The van der Waals surface area contributed by atoms with E-state index in [0.717, 1.165) is 68.7 Å². The van der Waals surface area contributed by atoms with Crippen molar-refractivity contribution >= 4 is 11.3 Å². The molecule has 2 aromatic rings. The van der Waals surface area contributed by atoms with E-state index in [1.165, 1.54) is 5.57 Å². The normalized spacial score (nSPS) is 19.7. The molecule has 0 bridgehead atoms. The molecule has 0 aliphatic carbocycles. The lowest BCUT2D eigenvalue weighted by molar-refractivity contribution is -0.141. The molecule has 0 spiro atoms. The van der Waals surface area contributed by atoms with Crippen LogP contribution in [0, 0.1) is 17.7 Å². The molecular formula is C28H34FNO5. The molecule has 0 amide bonds. The van der Waals surface area contributed by atoms with E-state index in [1.807, 2.05) is 18.2 Å². The Hall–Kier alpha value is -2.61. The van der Waals surface area contributed by atoms with Gasteiger partial charge in [0.15, 0.2) is 6.29 Å². The molecule has 3 aliphatic heterocycles. The summed E-state index contributed by atoms with van der Waals surface area (Å²) in [7, 11) is 3.33. The topological polar surface area (TPSA) is 60.4 Å². The van der Waals surface area contributed by atoms with Crippen molar-refractivity contribution in [1.82, 2.24) is 0 Å². The Morgan fingerprint density at radius 2 is 1.74 bits per heavy atom. The molecule has 3 aliphatic rings. The predicted octanol–water partition coefficient (Wildman–Crippen LogP) is 4.99. The fourth-order valence-corrected chi connectivity index (χ4v) is 5.76. The number of anilines is 1. The van der Waals surface area contributed by atoms with Crippen LogP contribution < -0.4 is 9.64 Å². The zero-order chi connectivity index (χ0) is 24.4. The van der Waals surface area contributed by atoms with Gasteiger partial charge < -0.3 is 29.0 Å². The Balaban J connectivity index is 1.45. The molecule has 5 rings (SSSR count). The van der Waals surface area contributed by atoms with E-state index >= 15 is 4.39 Å². The van der Waals surface area contributed by atoms with Gasteiger partial charge in [-0.25, -0.2) is 4.39 Å². The van der Waals surface area contributed by atoms with Crippen LogP contribution in [0.1, 0.15) is 36.8 Å². The highest BCUT2D eigenvalue weighted by atomic mass is 19.1. The van der Waals surface area contributed by atoms with Gasteiger partial charge in [-0.3, -0.25) is 0 Å². The molecule has 7 heteroatoms. The van der Waals surface area contributed by atoms with Gasteiger partial charge >= 0.3 is 0 Å². The molecule has 3 heterocycles. The average Bonchev–Trinajstić information content (AvgIpc) is 2.89. The average molecular weight is 484 g/mol. The number of ether oxygens (including phenoxy) is 4. The lowest BCUT2D eigenvalue weighted by atomic mass is 9.82. The molecule has 0 aromatic heterocycles. The highest BCUT2D eigenvalue weighted by Gasteiger charge is 2.30. The van der Waals surface area contributed by atoms with E-state index in [4.69, 9.17) is 18.9 Å². The summed E-state index contributed by atoms with van der Waals surface area (Å²) in [5, 5.41) is 9.98. The van der Waals surface area contributed by atoms with Crippen molar-refractivity contribution in [3.8, 4) is 11.5 Å². The summed E-state index contributed by atoms with van der Waals surface area (Å²) < 4.78 is 38.1. The molecule has 6 nitrogen and oxygen atoms in total. The molecule has 2 saturated heterocycles. The van der Waals surface area contributed by atoms with Gasteiger partial charge in [0.2, 0.25) is 0 Å². The number of hydrogen-bond donors (Lipinski definition) is 1. The van der Waals surface area contributed by atoms with E-state index < -0.39 is 0 Å². The number of benzene rings is 2. The molecule has 2 fully saturated rings. The summed E-state index contributed by atoms with van der Waals surface area (Å²) in [6.45, 7) is 3.40. The molecule has 188 valence electrons. The fourth-order valence-electron chi connectivity index (χ4n) is 5.76. The molecule has 0 unspecified atom stereocenters. The molecule has 0 saturated carbocycles. The van der Waals surface area contributed by atoms with Gasteiger partial charge in [-0.2, -0.15) is 0 Å². The Bertz CT molecular complexity index is 1070. The highest BCUT2D eigenvalue weighted by molar-refractivity contribution is 5.87. The second kappa shape index (κ2) is 10.6. The number of nitrogens with zero attached hydrogens (tertiary/aromatic N) is 1. The minimum Gasteiger partial charge on any atom is -0.508 e. The van der Waals surface area contributed by atoms with Gasteiger partial charge in [0.1, 0.15) is 23.9 Å². The number of rotatable bonds is 6. The van der Waals surface area contributed by atoms with Crippen molar-refractivity contribution in [2.75, 3.05) is 52.0 Å². The Labute approximate surface area is 206 Å². The largest absolute Gasteiger partial charge is 0.508 e. The van der Waals surface area contributed by atoms with E-state index in [0.29, 0.717) is 29.9 Å². The number of fused-ring (bicyclic) bond motifs is 1. The van der Waals surface area contributed by atoms with Gasteiger partial charge in [-0.15, -0.1) is 0 Å². The van der Waals surface area contributed by atoms with E-state index in [9.17, 15) is 5.11 Å².